The van der Waals surface area contributed by atoms with Crippen LogP contribution in [0.4, 0.5) is 0 Å². The molecule has 1 N–H and O–H groups in total. The molecule has 2 aromatic rings. The third-order valence-electron chi connectivity index (χ3n) is 3.02. The Labute approximate surface area is 128 Å². The number of carbonyl (C=O) groups excluding carboxylic acids is 1. The number of rotatable bonds is 7. The maximum Gasteiger partial charge on any atom is 0.254 e. The van der Waals surface area contributed by atoms with Gasteiger partial charge in [0.1, 0.15) is 0 Å². The molecule has 1 amide bonds. The van der Waals surface area contributed by atoms with E-state index >= 15 is 0 Å². The highest BCUT2D eigenvalue weighted by atomic mass is 32.1. The fourth-order valence-corrected chi connectivity index (χ4v) is 2.58. The molecule has 0 saturated heterocycles. The van der Waals surface area contributed by atoms with Crippen LogP contribution in [0.2, 0.25) is 0 Å². The molecule has 2 rings (SSSR count). The SMILES string of the molecule is CN(CC(O)COCc1ccccc1)C(=O)c1ccsc1. The number of aliphatic hydroxyl groups is 1. The van der Waals surface area contributed by atoms with Gasteiger partial charge < -0.3 is 14.7 Å². The number of hydrogen-bond acceptors (Lipinski definition) is 4. The van der Waals surface area contributed by atoms with E-state index in [0.717, 1.165) is 5.56 Å². The zero-order chi connectivity index (χ0) is 15.1. The lowest BCUT2D eigenvalue weighted by Crippen LogP contribution is -2.36. The third-order valence-corrected chi connectivity index (χ3v) is 3.70. The van der Waals surface area contributed by atoms with Crippen molar-refractivity contribution < 1.29 is 14.6 Å². The number of carbonyl (C=O) groups is 1. The number of aliphatic hydroxyl groups excluding tert-OH is 1. The summed E-state index contributed by atoms with van der Waals surface area (Å²) >= 11 is 1.48. The van der Waals surface area contributed by atoms with Gasteiger partial charge in [-0.2, -0.15) is 11.3 Å². The molecule has 5 heteroatoms. The zero-order valence-corrected chi connectivity index (χ0v) is 12.8. The average molecular weight is 305 g/mol. The maximum atomic E-state index is 12.0. The van der Waals surface area contributed by atoms with Crippen molar-refractivity contribution in [2.24, 2.45) is 0 Å². The van der Waals surface area contributed by atoms with Gasteiger partial charge in [-0.15, -0.1) is 0 Å². The average Bonchev–Trinajstić information content (AvgIpc) is 3.01. The van der Waals surface area contributed by atoms with E-state index in [1.54, 1.807) is 18.5 Å². The Morgan fingerprint density at radius 3 is 2.76 bits per heavy atom. The molecular weight excluding hydrogens is 286 g/mol. The van der Waals surface area contributed by atoms with Crippen LogP contribution < -0.4 is 0 Å². The van der Waals surface area contributed by atoms with Gasteiger partial charge in [0.2, 0.25) is 0 Å². The zero-order valence-electron chi connectivity index (χ0n) is 11.9. The molecule has 1 aromatic heterocycles. The Balaban J connectivity index is 1.71. The van der Waals surface area contributed by atoms with Crippen molar-refractivity contribution in [3.05, 3.63) is 58.3 Å². The summed E-state index contributed by atoms with van der Waals surface area (Å²) in [6.45, 7) is 0.916. The third kappa shape index (κ3) is 4.97. The van der Waals surface area contributed by atoms with Crippen molar-refractivity contribution >= 4 is 17.2 Å². The van der Waals surface area contributed by atoms with Crippen LogP contribution in [0.15, 0.2) is 47.2 Å². The van der Waals surface area contributed by atoms with Crippen LogP contribution in [-0.4, -0.2) is 42.2 Å². The van der Waals surface area contributed by atoms with Gasteiger partial charge in [-0.1, -0.05) is 30.3 Å². The van der Waals surface area contributed by atoms with Crippen LogP contribution >= 0.6 is 11.3 Å². The quantitative estimate of drug-likeness (QED) is 0.854. The van der Waals surface area contributed by atoms with E-state index in [9.17, 15) is 9.90 Å². The highest BCUT2D eigenvalue weighted by Gasteiger charge is 2.15. The normalized spacial score (nSPS) is 12.1. The van der Waals surface area contributed by atoms with Crippen LogP contribution in [0, 0.1) is 0 Å². The molecule has 21 heavy (non-hydrogen) atoms. The summed E-state index contributed by atoms with van der Waals surface area (Å²) in [7, 11) is 1.68. The Kier molecular flexibility index (Phi) is 5.92. The van der Waals surface area contributed by atoms with Crippen molar-refractivity contribution in [1.82, 2.24) is 4.90 Å². The lowest BCUT2D eigenvalue weighted by atomic mass is 10.2. The second-order valence-electron chi connectivity index (χ2n) is 4.85. The molecule has 1 unspecified atom stereocenters. The fraction of sp³-hybridized carbons (Fsp3) is 0.312. The van der Waals surface area contributed by atoms with E-state index in [-0.39, 0.29) is 19.1 Å². The number of thiophene rings is 1. The molecule has 1 aromatic carbocycles. The van der Waals surface area contributed by atoms with Gasteiger partial charge in [-0.05, 0) is 17.0 Å². The Morgan fingerprint density at radius 1 is 1.33 bits per heavy atom. The molecule has 0 aliphatic rings. The smallest absolute Gasteiger partial charge is 0.254 e. The monoisotopic (exact) mass is 305 g/mol. The summed E-state index contributed by atoms with van der Waals surface area (Å²) in [5, 5.41) is 13.6. The van der Waals surface area contributed by atoms with Crippen LogP contribution in [0.5, 0.6) is 0 Å². The lowest BCUT2D eigenvalue weighted by molar-refractivity contribution is 0.0137. The largest absolute Gasteiger partial charge is 0.389 e. The first-order valence-electron chi connectivity index (χ1n) is 6.74. The first-order valence-corrected chi connectivity index (χ1v) is 7.68. The van der Waals surface area contributed by atoms with Crippen LogP contribution in [0.3, 0.4) is 0 Å². The van der Waals surface area contributed by atoms with E-state index < -0.39 is 6.10 Å². The van der Waals surface area contributed by atoms with Gasteiger partial charge in [-0.3, -0.25) is 4.79 Å². The Hall–Kier alpha value is -1.69. The minimum Gasteiger partial charge on any atom is -0.389 e. The Morgan fingerprint density at radius 2 is 2.10 bits per heavy atom. The molecule has 1 atom stereocenters. The summed E-state index contributed by atoms with van der Waals surface area (Å²) in [5.41, 5.74) is 1.72. The first-order chi connectivity index (χ1) is 10.2. The molecule has 1 heterocycles. The molecule has 0 aliphatic heterocycles. The summed E-state index contributed by atoms with van der Waals surface area (Å²) in [4.78, 5) is 13.5. The van der Waals surface area contributed by atoms with E-state index in [2.05, 4.69) is 0 Å². The van der Waals surface area contributed by atoms with Crippen molar-refractivity contribution in [3.63, 3.8) is 0 Å². The topological polar surface area (TPSA) is 49.8 Å². The highest BCUT2D eigenvalue weighted by Crippen LogP contribution is 2.09. The molecular formula is C16H19NO3S. The molecule has 0 bridgehead atoms. The van der Waals surface area contributed by atoms with Crippen molar-refractivity contribution in [2.75, 3.05) is 20.2 Å². The van der Waals surface area contributed by atoms with Crippen molar-refractivity contribution in [1.29, 1.82) is 0 Å². The van der Waals surface area contributed by atoms with Crippen molar-refractivity contribution in [3.8, 4) is 0 Å². The van der Waals surface area contributed by atoms with Gasteiger partial charge in [0.15, 0.2) is 0 Å². The fourth-order valence-electron chi connectivity index (χ4n) is 1.95. The number of nitrogens with zero attached hydrogens (tertiary/aromatic N) is 1. The van der Waals surface area contributed by atoms with Crippen LogP contribution in [-0.2, 0) is 11.3 Å². The van der Waals surface area contributed by atoms with Gasteiger partial charge in [-0.25, -0.2) is 0 Å². The summed E-state index contributed by atoms with van der Waals surface area (Å²) < 4.78 is 5.47. The Bertz CT molecular complexity index is 542. The summed E-state index contributed by atoms with van der Waals surface area (Å²) in [6, 6.07) is 11.6. The minimum absolute atomic E-state index is 0.0849. The second kappa shape index (κ2) is 7.93. The lowest BCUT2D eigenvalue weighted by Gasteiger charge is -2.20. The molecule has 0 aliphatic carbocycles. The maximum absolute atomic E-state index is 12.0. The number of ether oxygens (including phenoxy) is 1. The number of amides is 1. The van der Waals surface area contributed by atoms with E-state index in [4.69, 9.17) is 4.74 Å². The van der Waals surface area contributed by atoms with Gasteiger partial charge in [0.05, 0.1) is 24.9 Å². The van der Waals surface area contributed by atoms with E-state index in [0.29, 0.717) is 12.2 Å². The van der Waals surface area contributed by atoms with Gasteiger partial charge in [0.25, 0.3) is 5.91 Å². The molecule has 112 valence electrons. The van der Waals surface area contributed by atoms with Crippen LogP contribution in [0.25, 0.3) is 0 Å². The first kappa shape index (κ1) is 15.7. The predicted octanol–water partition coefficient (Wildman–Crippen LogP) is 2.40. The summed E-state index contributed by atoms with van der Waals surface area (Å²) in [5.74, 6) is -0.0849. The highest BCUT2D eigenvalue weighted by molar-refractivity contribution is 7.08. The number of likely N-dealkylation sites (N-methyl/N-ethyl adjacent to an activating group) is 1. The second-order valence-corrected chi connectivity index (χ2v) is 5.63. The number of benzene rings is 1. The molecule has 0 saturated carbocycles. The minimum atomic E-state index is -0.693. The molecule has 4 nitrogen and oxygen atoms in total. The molecule has 0 radical (unpaired) electrons. The van der Waals surface area contributed by atoms with Gasteiger partial charge >= 0.3 is 0 Å². The van der Waals surface area contributed by atoms with E-state index in [1.165, 1.54) is 16.2 Å². The number of hydrogen-bond donors (Lipinski definition) is 1. The van der Waals surface area contributed by atoms with Gasteiger partial charge in [0, 0.05) is 19.0 Å². The predicted molar refractivity (Wildman–Crippen MR) is 83.4 cm³/mol. The van der Waals surface area contributed by atoms with Crippen LogP contribution in [0.1, 0.15) is 15.9 Å². The van der Waals surface area contributed by atoms with E-state index in [1.807, 2.05) is 35.7 Å². The van der Waals surface area contributed by atoms with Crippen molar-refractivity contribution in [2.45, 2.75) is 12.7 Å². The summed E-state index contributed by atoms with van der Waals surface area (Å²) in [6.07, 6.45) is -0.693. The molecule has 0 spiro atoms. The molecule has 0 fully saturated rings. The standard InChI is InChI=1S/C16H19NO3S/c1-17(16(19)14-7-8-21-12-14)9-15(18)11-20-10-13-5-3-2-4-6-13/h2-8,12,15,18H,9-11H2,1H3.